The minimum absolute atomic E-state index is 0.477. The van der Waals surface area contributed by atoms with Crippen molar-refractivity contribution in [2.24, 2.45) is 0 Å². The van der Waals surface area contributed by atoms with Crippen LogP contribution in [0.1, 0.15) is 11.1 Å². The summed E-state index contributed by atoms with van der Waals surface area (Å²) in [6.07, 6.45) is 0. The number of alkyl halides is 1. The highest BCUT2D eigenvalue weighted by molar-refractivity contribution is 6.17. The third kappa shape index (κ3) is 3.12. The highest BCUT2D eigenvalue weighted by Crippen LogP contribution is 2.05. The van der Waals surface area contributed by atoms with Crippen LogP contribution in [0.25, 0.3) is 0 Å². The zero-order valence-corrected chi connectivity index (χ0v) is 8.47. The summed E-state index contributed by atoms with van der Waals surface area (Å²) in [6, 6.07) is 7.36. The van der Waals surface area contributed by atoms with Gasteiger partial charge in [-0.25, -0.2) is 4.79 Å². The van der Waals surface area contributed by atoms with Gasteiger partial charge < -0.3 is 4.74 Å². The van der Waals surface area contributed by atoms with Crippen LogP contribution in [0.15, 0.2) is 24.3 Å². The first-order chi connectivity index (χ1) is 6.76. The molecule has 3 heteroatoms. The SMILES string of the molecule is COC(=O)C#Cc1ccc(CCl)cc1. The van der Waals surface area contributed by atoms with Gasteiger partial charge in [0.25, 0.3) is 0 Å². The van der Waals surface area contributed by atoms with Crippen molar-refractivity contribution in [1.82, 2.24) is 0 Å². The Bertz CT molecular complexity index is 371. The van der Waals surface area contributed by atoms with Gasteiger partial charge in [0.2, 0.25) is 0 Å². The van der Waals surface area contributed by atoms with Gasteiger partial charge in [0.15, 0.2) is 0 Å². The Morgan fingerprint density at radius 2 is 2.07 bits per heavy atom. The molecule has 0 amide bonds. The number of benzene rings is 1. The maximum atomic E-state index is 10.7. The second-order valence-corrected chi connectivity index (χ2v) is 2.84. The molecule has 0 fully saturated rings. The van der Waals surface area contributed by atoms with Gasteiger partial charge in [-0.1, -0.05) is 18.1 Å². The van der Waals surface area contributed by atoms with E-state index in [0.29, 0.717) is 5.88 Å². The zero-order valence-electron chi connectivity index (χ0n) is 7.71. The molecule has 14 heavy (non-hydrogen) atoms. The molecule has 0 saturated carbocycles. The highest BCUT2D eigenvalue weighted by atomic mass is 35.5. The number of ether oxygens (including phenoxy) is 1. The number of esters is 1. The van der Waals surface area contributed by atoms with Gasteiger partial charge in [0, 0.05) is 17.4 Å². The van der Waals surface area contributed by atoms with Gasteiger partial charge in [-0.15, -0.1) is 11.6 Å². The summed E-state index contributed by atoms with van der Waals surface area (Å²) in [4.78, 5) is 10.7. The molecule has 0 aromatic heterocycles. The Morgan fingerprint density at radius 3 is 2.57 bits per heavy atom. The lowest BCUT2D eigenvalue weighted by Gasteiger charge is -1.93. The lowest BCUT2D eigenvalue weighted by molar-refractivity contribution is -0.133. The van der Waals surface area contributed by atoms with Crippen molar-refractivity contribution in [3.8, 4) is 11.8 Å². The fourth-order valence-electron chi connectivity index (χ4n) is 0.851. The van der Waals surface area contributed by atoms with Crippen molar-refractivity contribution in [1.29, 1.82) is 0 Å². The van der Waals surface area contributed by atoms with E-state index in [-0.39, 0.29) is 0 Å². The first-order valence-electron chi connectivity index (χ1n) is 4.01. The van der Waals surface area contributed by atoms with Crippen LogP contribution < -0.4 is 0 Å². The van der Waals surface area contributed by atoms with Crippen LogP contribution in [-0.2, 0) is 15.4 Å². The smallest absolute Gasteiger partial charge is 0.384 e. The topological polar surface area (TPSA) is 26.3 Å². The van der Waals surface area contributed by atoms with E-state index in [0.717, 1.165) is 11.1 Å². The Balaban J connectivity index is 2.76. The normalized spacial score (nSPS) is 8.71. The van der Waals surface area contributed by atoms with Gasteiger partial charge in [-0.05, 0) is 17.7 Å². The van der Waals surface area contributed by atoms with Crippen LogP contribution in [0.3, 0.4) is 0 Å². The van der Waals surface area contributed by atoms with E-state index in [1.54, 1.807) is 0 Å². The molecular weight excluding hydrogens is 200 g/mol. The van der Waals surface area contributed by atoms with Crippen LogP contribution in [0.2, 0.25) is 0 Å². The molecular formula is C11H9ClO2. The summed E-state index contributed by atoms with van der Waals surface area (Å²) < 4.78 is 4.38. The Hall–Kier alpha value is -1.46. The third-order valence-electron chi connectivity index (χ3n) is 1.60. The van der Waals surface area contributed by atoms with Crippen molar-refractivity contribution in [2.75, 3.05) is 7.11 Å². The molecule has 0 aliphatic carbocycles. The van der Waals surface area contributed by atoms with Crippen molar-refractivity contribution in [3.63, 3.8) is 0 Å². The number of hydrogen-bond acceptors (Lipinski definition) is 2. The van der Waals surface area contributed by atoms with Crippen molar-refractivity contribution in [3.05, 3.63) is 35.4 Å². The number of methoxy groups -OCH3 is 1. The van der Waals surface area contributed by atoms with Crippen LogP contribution in [0.4, 0.5) is 0 Å². The van der Waals surface area contributed by atoms with Gasteiger partial charge >= 0.3 is 5.97 Å². The molecule has 0 atom stereocenters. The summed E-state index contributed by atoms with van der Waals surface area (Å²) in [5.41, 5.74) is 1.79. The zero-order chi connectivity index (χ0) is 10.4. The number of carbonyl (C=O) groups is 1. The molecule has 0 unspecified atom stereocenters. The molecule has 0 heterocycles. The molecule has 72 valence electrons. The predicted molar refractivity (Wildman–Crippen MR) is 54.9 cm³/mol. The predicted octanol–water partition coefficient (Wildman–Crippen LogP) is 1.95. The van der Waals surface area contributed by atoms with Crippen LogP contribution in [-0.4, -0.2) is 13.1 Å². The van der Waals surface area contributed by atoms with E-state index in [1.165, 1.54) is 7.11 Å². The number of hydrogen-bond donors (Lipinski definition) is 0. The standard InChI is InChI=1S/C11H9ClO2/c1-14-11(13)7-6-9-2-4-10(8-12)5-3-9/h2-5H,8H2,1H3. The monoisotopic (exact) mass is 208 g/mol. The van der Waals surface area contributed by atoms with E-state index in [2.05, 4.69) is 16.6 Å². The van der Waals surface area contributed by atoms with E-state index < -0.39 is 5.97 Å². The van der Waals surface area contributed by atoms with Crippen molar-refractivity contribution >= 4 is 17.6 Å². The average molecular weight is 209 g/mol. The van der Waals surface area contributed by atoms with Crippen LogP contribution >= 0.6 is 11.6 Å². The van der Waals surface area contributed by atoms with Crippen LogP contribution in [0.5, 0.6) is 0 Å². The molecule has 1 rings (SSSR count). The first kappa shape index (κ1) is 10.6. The molecule has 0 bridgehead atoms. The summed E-state index contributed by atoms with van der Waals surface area (Å²) in [5.74, 6) is 4.96. The minimum atomic E-state index is -0.536. The van der Waals surface area contributed by atoms with E-state index in [1.807, 2.05) is 24.3 Å². The van der Waals surface area contributed by atoms with Gasteiger partial charge in [0.05, 0.1) is 7.11 Å². The molecule has 1 aromatic rings. The molecule has 0 aliphatic rings. The Kier molecular flexibility index (Phi) is 4.03. The van der Waals surface area contributed by atoms with E-state index in [4.69, 9.17) is 11.6 Å². The number of rotatable bonds is 1. The van der Waals surface area contributed by atoms with Gasteiger partial charge in [-0.3, -0.25) is 0 Å². The molecule has 0 aliphatic heterocycles. The second-order valence-electron chi connectivity index (χ2n) is 2.57. The quantitative estimate of drug-likeness (QED) is 0.401. The number of halogens is 1. The largest absolute Gasteiger partial charge is 0.459 e. The molecule has 1 aromatic carbocycles. The Labute approximate surface area is 87.8 Å². The Morgan fingerprint density at radius 1 is 1.43 bits per heavy atom. The van der Waals surface area contributed by atoms with Gasteiger partial charge in [-0.2, -0.15) is 0 Å². The fourth-order valence-corrected chi connectivity index (χ4v) is 1.03. The summed E-state index contributed by atoms with van der Waals surface area (Å²) in [5, 5.41) is 0. The summed E-state index contributed by atoms with van der Waals surface area (Å²) >= 11 is 5.62. The van der Waals surface area contributed by atoms with Crippen molar-refractivity contribution < 1.29 is 9.53 Å². The van der Waals surface area contributed by atoms with E-state index in [9.17, 15) is 4.79 Å². The highest BCUT2D eigenvalue weighted by Gasteiger charge is 1.92. The maximum absolute atomic E-state index is 10.7. The fraction of sp³-hybridized carbons (Fsp3) is 0.182. The summed E-state index contributed by atoms with van der Waals surface area (Å²) in [6.45, 7) is 0. The molecule has 0 radical (unpaired) electrons. The number of carbonyl (C=O) groups excluding carboxylic acids is 1. The molecule has 0 N–H and O–H groups in total. The average Bonchev–Trinajstić information content (AvgIpc) is 2.26. The molecule has 0 spiro atoms. The molecule has 0 saturated heterocycles. The lowest BCUT2D eigenvalue weighted by atomic mass is 10.1. The summed E-state index contributed by atoms with van der Waals surface area (Å²) in [7, 11) is 1.30. The van der Waals surface area contributed by atoms with Crippen LogP contribution in [0, 0.1) is 11.8 Å². The lowest BCUT2D eigenvalue weighted by Crippen LogP contribution is -1.94. The van der Waals surface area contributed by atoms with Gasteiger partial charge in [0.1, 0.15) is 0 Å². The first-order valence-corrected chi connectivity index (χ1v) is 4.54. The van der Waals surface area contributed by atoms with Crippen molar-refractivity contribution in [2.45, 2.75) is 5.88 Å². The third-order valence-corrected chi connectivity index (χ3v) is 1.91. The molecule has 2 nitrogen and oxygen atoms in total. The van der Waals surface area contributed by atoms with E-state index >= 15 is 0 Å². The second kappa shape index (κ2) is 5.31. The maximum Gasteiger partial charge on any atom is 0.384 e. The minimum Gasteiger partial charge on any atom is -0.459 e.